The zero-order valence-corrected chi connectivity index (χ0v) is 16.3. The molecule has 0 bridgehead atoms. The van der Waals surface area contributed by atoms with Crippen molar-refractivity contribution in [3.8, 4) is 10.6 Å². The predicted molar refractivity (Wildman–Crippen MR) is 108 cm³/mol. The first-order valence-electron chi connectivity index (χ1n) is 8.55. The van der Waals surface area contributed by atoms with Gasteiger partial charge in [-0.15, -0.1) is 22.7 Å². The second-order valence-electron chi connectivity index (χ2n) is 6.18. The van der Waals surface area contributed by atoms with Crippen molar-refractivity contribution in [1.82, 2.24) is 15.2 Å². The zero-order chi connectivity index (χ0) is 19.5. The van der Waals surface area contributed by atoms with Gasteiger partial charge in [0.05, 0.1) is 23.5 Å². The summed E-state index contributed by atoms with van der Waals surface area (Å²) in [5.74, 6) is -0.769. The van der Waals surface area contributed by atoms with E-state index in [-0.39, 0.29) is 18.9 Å². The third kappa shape index (κ3) is 3.95. The summed E-state index contributed by atoms with van der Waals surface area (Å²) >= 11 is 2.89. The molecule has 1 saturated heterocycles. The van der Waals surface area contributed by atoms with Crippen LogP contribution in [0.1, 0.15) is 12.0 Å². The van der Waals surface area contributed by atoms with Crippen molar-refractivity contribution in [3.63, 3.8) is 0 Å². The third-order valence-electron chi connectivity index (χ3n) is 4.20. The molecule has 2 aromatic heterocycles. The van der Waals surface area contributed by atoms with Crippen molar-refractivity contribution in [2.75, 3.05) is 5.32 Å². The van der Waals surface area contributed by atoms with Crippen LogP contribution in [0.25, 0.3) is 10.6 Å². The van der Waals surface area contributed by atoms with E-state index in [2.05, 4.69) is 15.6 Å². The molecule has 3 aromatic rings. The molecule has 9 heteroatoms. The number of urea groups is 1. The Labute approximate surface area is 169 Å². The molecule has 3 heterocycles. The lowest BCUT2D eigenvalue weighted by Gasteiger charge is -2.12. The number of nitrogens with zero attached hydrogens (tertiary/aromatic N) is 2. The molecular weight excluding hydrogens is 396 g/mol. The van der Waals surface area contributed by atoms with Gasteiger partial charge in [-0.3, -0.25) is 14.5 Å². The van der Waals surface area contributed by atoms with Gasteiger partial charge in [0, 0.05) is 5.38 Å². The van der Waals surface area contributed by atoms with Crippen LogP contribution in [0.3, 0.4) is 0 Å². The minimum absolute atomic E-state index is 0.135. The molecular formula is C19H16N4O3S2. The van der Waals surface area contributed by atoms with Gasteiger partial charge in [0.2, 0.25) is 5.91 Å². The fraction of sp³-hybridized carbons (Fsp3) is 0.158. The average molecular weight is 412 g/mol. The first-order chi connectivity index (χ1) is 13.6. The van der Waals surface area contributed by atoms with Gasteiger partial charge in [-0.05, 0) is 17.0 Å². The standard InChI is InChI=1S/C19H16N4O3S2/c24-16(22-18-20-14(11-28-18)15-7-4-8-27-15)9-13-17(25)23(19(26)21-13)10-12-5-2-1-3-6-12/h1-8,11,13H,9-10H2,(H,21,26)(H,20,22,24). The van der Waals surface area contributed by atoms with E-state index in [0.29, 0.717) is 5.13 Å². The quantitative estimate of drug-likeness (QED) is 0.608. The molecule has 4 amide bonds. The highest BCUT2D eigenvalue weighted by molar-refractivity contribution is 7.16. The fourth-order valence-corrected chi connectivity index (χ4v) is 4.34. The second-order valence-corrected chi connectivity index (χ2v) is 7.99. The van der Waals surface area contributed by atoms with Crippen LogP contribution in [0, 0.1) is 0 Å². The van der Waals surface area contributed by atoms with Crippen LogP contribution < -0.4 is 10.6 Å². The van der Waals surface area contributed by atoms with Crippen LogP contribution >= 0.6 is 22.7 Å². The van der Waals surface area contributed by atoms with Crippen molar-refractivity contribution >= 4 is 45.7 Å². The molecule has 1 atom stereocenters. The van der Waals surface area contributed by atoms with Crippen molar-refractivity contribution in [3.05, 3.63) is 58.8 Å². The Morgan fingerprint density at radius 1 is 1.14 bits per heavy atom. The SMILES string of the molecule is O=C(CC1NC(=O)N(Cc2ccccc2)C1=O)Nc1nc(-c2cccs2)cs1. The maximum atomic E-state index is 12.5. The molecule has 1 aliphatic rings. The summed E-state index contributed by atoms with van der Waals surface area (Å²) in [7, 11) is 0. The lowest BCUT2D eigenvalue weighted by molar-refractivity contribution is -0.130. The molecule has 1 aromatic carbocycles. The van der Waals surface area contributed by atoms with E-state index in [9.17, 15) is 14.4 Å². The molecule has 4 rings (SSSR count). The van der Waals surface area contributed by atoms with Gasteiger partial charge in [0.25, 0.3) is 5.91 Å². The van der Waals surface area contributed by atoms with Crippen LogP contribution in [0.5, 0.6) is 0 Å². The number of aromatic nitrogens is 1. The first-order valence-corrected chi connectivity index (χ1v) is 10.3. The molecule has 1 unspecified atom stereocenters. The number of rotatable bonds is 6. The van der Waals surface area contributed by atoms with Crippen molar-refractivity contribution in [1.29, 1.82) is 0 Å². The monoisotopic (exact) mass is 412 g/mol. The summed E-state index contributed by atoms with van der Waals surface area (Å²) in [5.41, 5.74) is 1.65. The minimum Gasteiger partial charge on any atom is -0.325 e. The summed E-state index contributed by atoms with van der Waals surface area (Å²) in [6.07, 6.45) is -0.135. The van der Waals surface area contributed by atoms with Gasteiger partial charge < -0.3 is 10.6 Å². The Morgan fingerprint density at radius 3 is 2.71 bits per heavy atom. The average Bonchev–Trinajstić information content (AvgIpc) is 3.41. The number of imide groups is 1. The summed E-state index contributed by atoms with van der Waals surface area (Å²) < 4.78 is 0. The molecule has 142 valence electrons. The Bertz CT molecular complexity index is 1000. The van der Waals surface area contributed by atoms with E-state index in [1.165, 1.54) is 11.3 Å². The minimum atomic E-state index is -0.868. The highest BCUT2D eigenvalue weighted by atomic mass is 32.1. The number of nitrogens with one attached hydrogen (secondary N) is 2. The second kappa shape index (κ2) is 7.91. The summed E-state index contributed by atoms with van der Waals surface area (Å²) in [6.45, 7) is 0.181. The van der Waals surface area contributed by atoms with Crippen LogP contribution in [0.2, 0.25) is 0 Å². The number of thiophene rings is 1. The van der Waals surface area contributed by atoms with E-state index in [1.807, 2.05) is 53.2 Å². The maximum absolute atomic E-state index is 12.5. The van der Waals surface area contributed by atoms with Gasteiger partial charge in [-0.25, -0.2) is 9.78 Å². The maximum Gasteiger partial charge on any atom is 0.325 e. The Balaban J connectivity index is 1.36. The van der Waals surface area contributed by atoms with E-state index in [1.54, 1.807) is 11.3 Å². The summed E-state index contributed by atoms with van der Waals surface area (Å²) in [5, 5.41) is 9.57. The normalized spacial score (nSPS) is 16.3. The highest BCUT2D eigenvalue weighted by Crippen LogP contribution is 2.28. The van der Waals surface area contributed by atoms with Gasteiger partial charge in [0.1, 0.15) is 6.04 Å². The van der Waals surface area contributed by atoms with Crippen LogP contribution in [-0.2, 0) is 16.1 Å². The van der Waals surface area contributed by atoms with Gasteiger partial charge in [-0.1, -0.05) is 36.4 Å². The highest BCUT2D eigenvalue weighted by Gasteiger charge is 2.39. The van der Waals surface area contributed by atoms with Gasteiger partial charge in [0.15, 0.2) is 5.13 Å². The lowest BCUT2D eigenvalue weighted by Crippen LogP contribution is -2.34. The Morgan fingerprint density at radius 2 is 1.96 bits per heavy atom. The van der Waals surface area contributed by atoms with Gasteiger partial charge in [-0.2, -0.15) is 0 Å². The Kier molecular flexibility index (Phi) is 5.18. The number of hydrogen-bond donors (Lipinski definition) is 2. The zero-order valence-electron chi connectivity index (χ0n) is 14.6. The molecule has 7 nitrogen and oxygen atoms in total. The molecule has 0 saturated carbocycles. The van der Waals surface area contributed by atoms with E-state index in [0.717, 1.165) is 21.0 Å². The Hall–Kier alpha value is -3.04. The fourth-order valence-electron chi connectivity index (χ4n) is 2.86. The number of benzene rings is 1. The van der Waals surface area contributed by atoms with Crippen molar-refractivity contribution in [2.24, 2.45) is 0 Å². The molecule has 0 aliphatic carbocycles. The topological polar surface area (TPSA) is 91.4 Å². The smallest absolute Gasteiger partial charge is 0.325 e. The molecule has 1 aliphatic heterocycles. The number of amides is 4. The molecule has 0 radical (unpaired) electrons. The number of carbonyl (C=O) groups excluding carboxylic acids is 3. The first kappa shape index (κ1) is 18.3. The number of anilines is 1. The van der Waals surface area contributed by atoms with Crippen LogP contribution in [0.4, 0.5) is 9.93 Å². The lowest BCUT2D eigenvalue weighted by atomic mass is 10.2. The summed E-state index contributed by atoms with van der Waals surface area (Å²) in [4.78, 5) is 43.5. The molecule has 0 spiro atoms. The van der Waals surface area contributed by atoms with E-state index < -0.39 is 18.0 Å². The predicted octanol–water partition coefficient (Wildman–Crippen LogP) is 3.32. The van der Waals surface area contributed by atoms with Crippen LogP contribution in [0.15, 0.2) is 53.2 Å². The third-order valence-corrected chi connectivity index (χ3v) is 5.85. The molecule has 28 heavy (non-hydrogen) atoms. The molecule has 1 fully saturated rings. The molecule has 2 N–H and O–H groups in total. The van der Waals surface area contributed by atoms with Crippen LogP contribution in [-0.4, -0.2) is 33.8 Å². The summed E-state index contributed by atoms with van der Waals surface area (Å²) in [6, 6.07) is 11.8. The van der Waals surface area contributed by atoms with E-state index >= 15 is 0 Å². The number of carbonyl (C=O) groups is 3. The van der Waals surface area contributed by atoms with E-state index in [4.69, 9.17) is 0 Å². The number of thiazole rings is 1. The van der Waals surface area contributed by atoms with Crippen molar-refractivity contribution < 1.29 is 14.4 Å². The number of hydrogen-bond acceptors (Lipinski definition) is 6. The largest absolute Gasteiger partial charge is 0.325 e. The van der Waals surface area contributed by atoms with Crippen molar-refractivity contribution in [2.45, 2.75) is 19.0 Å². The van der Waals surface area contributed by atoms with Gasteiger partial charge >= 0.3 is 6.03 Å².